The van der Waals surface area contributed by atoms with Crippen molar-refractivity contribution in [2.75, 3.05) is 57.4 Å². The first kappa shape index (κ1) is 29.8. The second-order valence-electron chi connectivity index (χ2n) is 15.8. The molecule has 248 valence electrons. The van der Waals surface area contributed by atoms with Gasteiger partial charge in [0, 0.05) is 78.9 Å². The van der Waals surface area contributed by atoms with Crippen LogP contribution in [0.4, 0.5) is 10.2 Å². The van der Waals surface area contributed by atoms with Gasteiger partial charge in [-0.2, -0.15) is 0 Å². The number of ether oxygens (including phenoxy) is 2. The van der Waals surface area contributed by atoms with Crippen LogP contribution in [-0.2, 0) is 4.74 Å². The molecule has 0 amide bonds. The zero-order chi connectivity index (χ0) is 31.8. The fourth-order valence-corrected chi connectivity index (χ4v) is 9.46. The fraction of sp³-hybridized carbons (Fsp3) is 0.639. The van der Waals surface area contributed by atoms with E-state index >= 15 is 0 Å². The molecule has 6 fully saturated rings. The molecule has 9 rings (SSSR count). The summed E-state index contributed by atoms with van der Waals surface area (Å²) in [4.78, 5) is 21.3. The maximum Gasteiger partial charge on any atom is 0.282 e. The third kappa shape index (κ3) is 5.38. The van der Waals surface area contributed by atoms with Gasteiger partial charge in [0.1, 0.15) is 24.2 Å². The van der Waals surface area contributed by atoms with E-state index in [1.54, 1.807) is 18.6 Å². The highest BCUT2D eigenvalue weighted by atomic mass is 19.1. The Kier molecular flexibility index (Phi) is 7.24. The van der Waals surface area contributed by atoms with Crippen LogP contribution in [0.3, 0.4) is 0 Å². The molecule has 2 aromatic heterocycles. The van der Waals surface area contributed by atoms with Gasteiger partial charge in [-0.3, -0.25) is 9.80 Å². The summed E-state index contributed by atoms with van der Waals surface area (Å²) in [7, 11) is 0. The van der Waals surface area contributed by atoms with E-state index in [0.717, 1.165) is 81.9 Å². The zero-order valence-corrected chi connectivity index (χ0v) is 27.5. The van der Waals surface area contributed by atoms with Crippen LogP contribution in [0.2, 0.25) is 0 Å². The molecule has 4 saturated heterocycles. The Morgan fingerprint density at radius 3 is 2.53 bits per heavy atom. The normalized spacial score (nSPS) is 27.2. The number of anilines is 1. The largest absolute Gasteiger partial charge is 0.434 e. The van der Waals surface area contributed by atoms with Crippen LogP contribution in [0.1, 0.15) is 64.0 Å². The van der Waals surface area contributed by atoms with Crippen LogP contribution >= 0.6 is 0 Å². The molecule has 2 spiro atoms. The lowest BCUT2D eigenvalue weighted by atomic mass is 9.68. The van der Waals surface area contributed by atoms with Gasteiger partial charge in [-0.15, -0.1) is 10.2 Å². The van der Waals surface area contributed by atoms with Crippen LogP contribution < -0.4 is 9.64 Å². The van der Waals surface area contributed by atoms with E-state index < -0.39 is 0 Å². The van der Waals surface area contributed by atoms with Crippen LogP contribution in [0.15, 0.2) is 37.1 Å². The van der Waals surface area contributed by atoms with Crippen LogP contribution in [0.5, 0.6) is 11.6 Å². The molecule has 11 heteroatoms. The molecule has 0 radical (unpaired) electrons. The first-order valence-electron chi connectivity index (χ1n) is 17.6. The number of aromatic nitrogens is 5. The number of hydrogen-bond donors (Lipinski definition) is 0. The molecule has 6 aliphatic rings. The SMILES string of the molecule is CC(C)C(C1CC(N2CCC3(COC3)C2)C1)N1CC2(CCN(c3ncnnc3Oc3ccc(F)cc3-c3cncnc3C3CC3)C2)C1. The highest BCUT2D eigenvalue weighted by Crippen LogP contribution is 2.50. The molecule has 2 saturated carbocycles. The van der Waals surface area contributed by atoms with Crippen LogP contribution in [0.25, 0.3) is 11.1 Å². The summed E-state index contributed by atoms with van der Waals surface area (Å²) in [6.07, 6.45) is 12.1. The molecule has 3 aromatic rings. The average Bonchev–Trinajstić information content (AvgIpc) is 3.60. The summed E-state index contributed by atoms with van der Waals surface area (Å²) in [5, 5.41) is 8.45. The van der Waals surface area contributed by atoms with E-state index in [1.807, 2.05) is 0 Å². The maximum absolute atomic E-state index is 14.6. The van der Waals surface area contributed by atoms with E-state index in [2.05, 4.69) is 53.7 Å². The smallest absolute Gasteiger partial charge is 0.282 e. The van der Waals surface area contributed by atoms with Crippen molar-refractivity contribution >= 4 is 5.82 Å². The third-order valence-electron chi connectivity index (χ3n) is 12.1. The van der Waals surface area contributed by atoms with Crippen molar-refractivity contribution < 1.29 is 13.9 Å². The van der Waals surface area contributed by atoms with Gasteiger partial charge in [0.05, 0.1) is 18.9 Å². The van der Waals surface area contributed by atoms with Crippen molar-refractivity contribution in [3.8, 4) is 22.8 Å². The quantitative estimate of drug-likeness (QED) is 0.312. The predicted octanol–water partition coefficient (Wildman–Crippen LogP) is 5.18. The summed E-state index contributed by atoms with van der Waals surface area (Å²) in [5.74, 6) is 3.01. The number of rotatable bonds is 9. The fourth-order valence-electron chi connectivity index (χ4n) is 9.46. The molecule has 1 atom stereocenters. The lowest BCUT2D eigenvalue weighted by Gasteiger charge is -2.57. The number of likely N-dealkylation sites (tertiary alicyclic amines) is 2. The summed E-state index contributed by atoms with van der Waals surface area (Å²) in [6, 6.07) is 5.98. The van der Waals surface area contributed by atoms with Crippen molar-refractivity contribution in [3.63, 3.8) is 0 Å². The number of benzene rings is 1. The number of halogens is 1. The molecule has 10 nitrogen and oxygen atoms in total. The standard InChI is InChI=1S/C36H45FN8O2/c1-23(2)32(25-11-27(12-25)43-9-8-36(18-43)19-46-20-36)45-16-35(17-45)7-10-44(15-35)33-34(42-41-22-40-33)47-30-6-5-26(37)13-28(30)29-14-38-21-39-31(29)24-3-4-24/h5-6,13-14,21-25,27,32H,3-4,7-12,15-20H2,1-2H3. The van der Waals surface area contributed by atoms with E-state index in [0.29, 0.717) is 46.3 Å². The van der Waals surface area contributed by atoms with Crippen molar-refractivity contribution in [1.82, 2.24) is 34.9 Å². The van der Waals surface area contributed by atoms with Gasteiger partial charge in [0.15, 0.2) is 5.82 Å². The lowest BCUT2D eigenvalue weighted by Crippen LogP contribution is -2.65. The Bertz CT molecular complexity index is 1630. The van der Waals surface area contributed by atoms with E-state index in [9.17, 15) is 4.39 Å². The van der Waals surface area contributed by atoms with E-state index in [4.69, 9.17) is 9.47 Å². The zero-order valence-electron chi connectivity index (χ0n) is 27.5. The van der Waals surface area contributed by atoms with E-state index in [-0.39, 0.29) is 11.2 Å². The number of nitrogens with zero attached hydrogens (tertiary/aromatic N) is 8. The van der Waals surface area contributed by atoms with Crippen molar-refractivity contribution in [2.24, 2.45) is 22.7 Å². The minimum absolute atomic E-state index is 0.256. The highest BCUT2D eigenvalue weighted by molar-refractivity contribution is 5.73. The summed E-state index contributed by atoms with van der Waals surface area (Å²) in [6.45, 7) is 13.3. The molecular formula is C36H45FN8O2. The minimum Gasteiger partial charge on any atom is -0.434 e. The summed E-state index contributed by atoms with van der Waals surface area (Å²) in [5.41, 5.74) is 3.09. The monoisotopic (exact) mass is 640 g/mol. The molecule has 0 bridgehead atoms. The Morgan fingerprint density at radius 2 is 1.79 bits per heavy atom. The van der Waals surface area contributed by atoms with Gasteiger partial charge in [-0.05, 0) is 75.1 Å². The first-order valence-corrected chi connectivity index (χ1v) is 17.6. The maximum atomic E-state index is 14.6. The van der Waals surface area contributed by atoms with Gasteiger partial charge in [0.2, 0.25) is 0 Å². The summed E-state index contributed by atoms with van der Waals surface area (Å²) < 4.78 is 26.6. The molecule has 1 aromatic carbocycles. The van der Waals surface area contributed by atoms with Gasteiger partial charge in [0.25, 0.3) is 5.88 Å². The third-order valence-corrected chi connectivity index (χ3v) is 12.1. The summed E-state index contributed by atoms with van der Waals surface area (Å²) >= 11 is 0. The molecule has 1 unspecified atom stereocenters. The van der Waals surface area contributed by atoms with Crippen molar-refractivity contribution in [2.45, 2.75) is 70.4 Å². The van der Waals surface area contributed by atoms with Crippen molar-refractivity contribution in [3.05, 3.63) is 48.6 Å². The van der Waals surface area contributed by atoms with Crippen molar-refractivity contribution in [1.29, 1.82) is 0 Å². The second-order valence-corrected chi connectivity index (χ2v) is 15.8. The predicted molar refractivity (Wildman–Crippen MR) is 175 cm³/mol. The Morgan fingerprint density at radius 1 is 0.957 bits per heavy atom. The minimum atomic E-state index is -0.336. The second kappa shape index (κ2) is 11.4. The molecule has 0 N–H and O–H groups in total. The molecular weight excluding hydrogens is 595 g/mol. The van der Waals surface area contributed by atoms with Crippen LogP contribution in [0, 0.1) is 28.5 Å². The number of hydrogen-bond acceptors (Lipinski definition) is 10. The Labute approximate surface area is 276 Å². The first-order chi connectivity index (χ1) is 22.9. The van der Waals surface area contributed by atoms with Gasteiger partial charge < -0.3 is 14.4 Å². The highest BCUT2D eigenvalue weighted by Gasteiger charge is 2.54. The molecule has 2 aliphatic carbocycles. The Hall–Kier alpha value is -3.28. The molecule has 47 heavy (non-hydrogen) atoms. The van der Waals surface area contributed by atoms with Gasteiger partial charge in [-0.1, -0.05) is 13.8 Å². The molecule has 4 aliphatic heterocycles. The Balaban J connectivity index is 0.870. The average molecular weight is 641 g/mol. The van der Waals surface area contributed by atoms with E-state index in [1.165, 1.54) is 50.8 Å². The molecule has 6 heterocycles. The topological polar surface area (TPSA) is 92.6 Å². The van der Waals surface area contributed by atoms with Crippen LogP contribution in [-0.4, -0.2) is 99.5 Å². The van der Waals surface area contributed by atoms with Gasteiger partial charge in [-0.25, -0.2) is 19.3 Å². The lowest BCUT2D eigenvalue weighted by molar-refractivity contribution is -0.112. The van der Waals surface area contributed by atoms with Gasteiger partial charge >= 0.3 is 0 Å².